The molecule has 98 valence electrons. The highest BCUT2D eigenvalue weighted by Gasteiger charge is 2.37. The molecular weight excluding hydrogens is 300 g/mol. The largest absolute Gasteiger partial charge is 0.470 e. The van der Waals surface area contributed by atoms with Crippen LogP contribution in [0.5, 0.6) is 0 Å². The van der Waals surface area contributed by atoms with Gasteiger partial charge in [0.15, 0.2) is 12.0 Å². The van der Waals surface area contributed by atoms with Crippen LogP contribution >= 0.6 is 15.9 Å². The second kappa shape index (κ2) is 5.24. The van der Waals surface area contributed by atoms with Crippen molar-refractivity contribution in [3.63, 3.8) is 0 Å². The normalized spacial score (nSPS) is 27.4. The minimum absolute atomic E-state index is 0.0971. The highest BCUT2D eigenvalue weighted by Crippen LogP contribution is 2.34. The first-order chi connectivity index (χ1) is 8.52. The fraction of sp³-hybridized carbons (Fsp3) is 0.500. The number of hydrogen-bond acceptors (Lipinski definition) is 5. The molecule has 3 atom stereocenters. The van der Waals surface area contributed by atoms with E-state index in [2.05, 4.69) is 25.7 Å². The summed E-state index contributed by atoms with van der Waals surface area (Å²) in [5.74, 6) is 0.232. The van der Waals surface area contributed by atoms with Crippen LogP contribution < -0.4 is 5.73 Å². The van der Waals surface area contributed by atoms with Gasteiger partial charge in [0.2, 0.25) is 0 Å². The van der Waals surface area contributed by atoms with Gasteiger partial charge in [-0.1, -0.05) is 22.0 Å². The van der Waals surface area contributed by atoms with Crippen molar-refractivity contribution in [1.82, 2.24) is 0 Å². The van der Waals surface area contributed by atoms with E-state index in [-0.39, 0.29) is 12.1 Å². The van der Waals surface area contributed by atoms with Crippen LogP contribution in [0.1, 0.15) is 13.3 Å². The van der Waals surface area contributed by atoms with E-state index in [1.54, 1.807) is 0 Å². The van der Waals surface area contributed by atoms with Crippen molar-refractivity contribution in [2.24, 2.45) is 10.7 Å². The van der Waals surface area contributed by atoms with Crippen LogP contribution in [-0.2, 0) is 14.3 Å². The molecule has 0 fully saturated rings. The van der Waals surface area contributed by atoms with Gasteiger partial charge in [-0.05, 0) is 18.1 Å². The second-order valence-corrected chi connectivity index (χ2v) is 5.17. The van der Waals surface area contributed by atoms with Crippen molar-refractivity contribution in [3.8, 4) is 0 Å². The van der Waals surface area contributed by atoms with Crippen LogP contribution in [0, 0.1) is 0 Å². The van der Waals surface area contributed by atoms with Crippen molar-refractivity contribution in [2.45, 2.75) is 31.5 Å². The standard InChI is InChI=1S/C12H15BrN2O3/c1-6-15-10-7(5-9(14)12(16)17-2)3-4-8(13)11(10)18-6/h3-4,9-11H,5,14H2,1-2H3/t9-,10?,11?/m0/s1. The molecule has 6 heteroatoms. The molecule has 1 aliphatic carbocycles. The number of methoxy groups -OCH3 is 1. The number of hydrogen-bond donors (Lipinski definition) is 1. The number of carbonyl (C=O) groups excluding carboxylic acids is 1. The molecular formula is C12H15BrN2O3. The minimum Gasteiger partial charge on any atom is -0.470 e. The number of esters is 1. The molecule has 0 aromatic heterocycles. The molecule has 0 saturated carbocycles. The number of carbonyl (C=O) groups is 1. The molecule has 0 saturated heterocycles. The average molecular weight is 315 g/mol. The van der Waals surface area contributed by atoms with Crippen molar-refractivity contribution in [3.05, 3.63) is 22.2 Å². The predicted octanol–water partition coefficient (Wildman–Crippen LogP) is 1.28. The summed E-state index contributed by atoms with van der Waals surface area (Å²) >= 11 is 3.45. The lowest BCUT2D eigenvalue weighted by Gasteiger charge is -2.24. The van der Waals surface area contributed by atoms with E-state index in [1.807, 2.05) is 19.1 Å². The molecule has 0 bridgehead atoms. The van der Waals surface area contributed by atoms with Crippen LogP contribution in [0.4, 0.5) is 0 Å². The molecule has 2 rings (SSSR count). The summed E-state index contributed by atoms with van der Waals surface area (Å²) in [5.41, 5.74) is 6.76. The highest BCUT2D eigenvalue weighted by atomic mass is 79.9. The minimum atomic E-state index is -0.664. The summed E-state index contributed by atoms with van der Waals surface area (Å²) in [6.07, 6.45) is 4.13. The Labute approximate surface area is 114 Å². The van der Waals surface area contributed by atoms with Crippen molar-refractivity contribution >= 4 is 27.8 Å². The molecule has 5 nitrogen and oxygen atoms in total. The van der Waals surface area contributed by atoms with E-state index in [9.17, 15) is 4.79 Å². The fourth-order valence-corrected chi connectivity index (χ4v) is 2.56. The number of rotatable bonds is 3. The van der Waals surface area contributed by atoms with E-state index < -0.39 is 12.0 Å². The topological polar surface area (TPSA) is 73.9 Å². The van der Waals surface area contributed by atoms with Gasteiger partial charge in [0.05, 0.1) is 7.11 Å². The van der Waals surface area contributed by atoms with Gasteiger partial charge in [0, 0.05) is 11.4 Å². The van der Waals surface area contributed by atoms with Gasteiger partial charge in [0.25, 0.3) is 0 Å². The number of allylic oxidation sites excluding steroid dienone is 2. The number of ether oxygens (including phenoxy) is 2. The number of aliphatic imine (C=N–C) groups is 1. The number of nitrogens with zero attached hydrogens (tertiary/aromatic N) is 1. The molecule has 18 heavy (non-hydrogen) atoms. The molecule has 0 aromatic rings. The van der Waals surface area contributed by atoms with Crippen LogP contribution in [0.25, 0.3) is 0 Å². The summed E-state index contributed by atoms with van der Waals surface area (Å²) in [6.45, 7) is 1.82. The van der Waals surface area contributed by atoms with Crippen LogP contribution in [0.3, 0.4) is 0 Å². The van der Waals surface area contributed by atoms with Crippen molar-refractivity contribution < 1.29 is 14.3 Å². The van der Waals surface area contributed by atoms with Crippen LogP contribution in [-0.4, -0.2) is 37.2 Å². The maximum Gasteiger partial charge on any atom is 0.322 e. The Balaban J connectivity index is 2.15. The lowest BCUT2D eigenvalue weighted by molar-refractivity contribution is -0.142. The van der Waals surface area contributed by atoms with Gasteiger partial charge >= 0.3 is 5.97 Å². The second-order valence-electron chi connectivity index (χ2n) is 4.26. The molecule has 0 radical (unpaired) electrons. The average Bonchev–Trinajstić information content (AvgIpc) is 2.74. The Morgan fingerprint density at radius 1 is 1.67 bits per heavy atom. The van der Waals surface area contributed by atoms with Gasteiger partial charge < -0.3 is 15.2 Å². The zero-order chi connectivity index (χ0) is 13.3. The Bertz CT molecular complexity index is 456. The van der Waals surface area contributed by atoms with E-state index in [4.69, 9.17) is 10.5 Å². The SMILES string of the molecule is COC(=O)[C@@H](N)CC1=CC=C(Br)C2OC(C)=NC12. The molecule has 2 unspecified atom stereocenters. The summed E-state index contributed by atoms with van der Waals surface area (Å²) in [5, 5.41) is 0. The van der Waals surface area contributed by atoms with Crippen molar-refractivity contribution in [1.29, 1.82) is 0 Å². The molecule has 0 aromatic carbocycles. The van der Waals surface area contributed by atoms with Crippen LogP contribution in [0.2, 0.25) is 0 Å². The number of fused-ring (bicyclic) bond motifs is 1. The van der Waals surface area contributed by atoms with Crippen LogP contribution in [0.15, 0.2) is 27.2 Å². The molecule has 2 N–H and O–H groups in total. The molecule has 1 heterocycles. The van der Waals surface area contributed by atoms with E-state index in [0.29, 0.717) is 12.3 Å². The summed E-state index contributed by atoms with van der Waals surface area (Å²) in [4.78, 5) is 15.8. The Kier molecular flexibility index (Phi) is 3.87. The third-order valence-electron chi connectivity index (χ3n) is 2.97. The van der Waals surface area contributed by atoms with Gasteiger partial charge in [-0.15, -0.1) is 0 Å². The highest BCUT2D eigenvalue weighted by molar-refractivity contribution is 9.11. The van der Waals surface area contributed by atoms with Gasteiger partial charge in [-0.2, -0.15) is 0 Å². The molecule has 0 spiro atoms. The summed E-state index contributed by atoms with van der Waals surface area (Å²) in [6, 6.07) is -0.761. The third-order valence-corrected chi connectivity index (χ3v) is 3.69. The van der Waals surface area contributed by atoms with E-state index in [0.717, 1.165) is 10.1 Å². The Hall–Kier alpha value is -1.14. The number of halogens is 1. The Morgan fingerprint density at radius 3 is 3.06 bits per heavy atom. The molecule has 2 aliphatic rings. The van der Waals surface area contributed by atoms with Gasteiger partial charge in [-0.25, -0.2) is 4.99 Å². The van der Waals surface area contributed by atoms with E-state index >= 15 is 0 Å². The third kappa shape index (κ3) is 2.49. The maximum atomic E-state index is 11.3. The predicted molar refractivity (Wildman–Crippen MR) is 71.5 cm³/mol. The first-order valence-electron chi connectivity index (χ1n) is 5.63. The maximum absolute atomic E-state index is 11.3. The monoisotopic (exact) mass is 314 g/mol. The summed E-state index contributed by atoms with van der Waals surface area (Å²) < 4.78 is 11.2. The summed E-state index contributed by atoms with van der Waals surface area (Å²) in [7, 11) is 1.33. The van der Waals surface area contributed by atoms with Crippen molar-refractivity contribution in [2.75, 3.05) is 7.11 Å². The first-order valence-corrected chi connectivity index (χ1v) is 6.43. The zero-order valence-electron chi connectivity index (χ0n) is 10.2. The van der Waals surface area contributed by atoms with E-state index in [1.165, 1.54) is 7.11 Å². The first kappa shape index (κ1) is 13.3. The molecule has 0 amide bonds. The zero-order valence-corrected chi connectivity index (χ0v) is 11.8. The lowest BCUT2D eigenvalue weighted by atomic mass is 9.92. The Morgan fingerprint density at radius 2 is 2.39 bits per heavy atom. The smallest absolute Gasteiger partial charge is 0.322 e. The molecule has 1 aliphatic heterocycles. The quantitative estimate of drug-likeness (QED) is 0.796. The fourth-order valence-electron chi connectivity index (χ4n) is 2.08. The van der Waals surface area contributed by atoms with Gasteiger partial charge in [-0.3, -0.25) is 4.79 Å². The number of nitrogens with two attached hydrogens (primary N) is 1. The lowest BCUT2D eigenvalue weighted by Crippen LogP contribution is -2.35. The van der Waals surface area contributed by atoms with Gasteiger partial charge in [0.1, 0.15) is 12.1 Å².